The first-order valence-electron chi connectivity index (χ1n) is 5.62. The highest BCUT2D eigenvalue weighted by molar-refractivity contribution is 5.16. The lowest BCUT2D eigenvalue weighted by molar-refractivity contribution is 0.547. The second-order valence-electron chi connectivity index (χ2n) is 4.23. The standard InChI is InChI=1S/C11H16N6/c1-9(2)3-12-4-10-5-13-6-11(16-10)17-8-14-7-15-17/h5-9,12H,3-4H2,1-2H3. The molecule has 0 atom stereocenters. The molecule has 0 aromatic carbocycles. The molecule has 0 amide bonds. The summed E-state index contributed by atoms with van der Waals surface area (Å²) < 4.78 is 1.60. The van der Waals surface area contributed by atoms with Gasteiger partial charge in [-0.15, -0.1) is 0 Å². The van der Waals surface area contributed by atoms with Crippen molar-refractivity contribution in [3.05, 3.63) is 30.7 Å². The molecule has 17 heavy (non-hydrogen) atoms. The van der Waals surface area contributed by atoms with Gasteiger partial charge in [-0.3, -0.25) is 4.98 Å². The minimum atomic E-state index is 0.626. The fourth-order valence-corrected chi connectivity index (χ4v) is 1.41. The molecule has 0 bridgehead atoms. The second kappa shape index (κ2) is 5.49. The maximum atomic E-state index is 4.45. The molecule has 0 spiro atoms. The predicted molar refractivity (Wildman–Crippen MR) is 63.5 cm³/mol. The maximum Gasteiger partial charge on any atom is 0.173 e. The van der Waals surface area contributed by atoms with Crippen LogP contribution in [0.1, 0.15) is 19.5 Å². The topological polar surface area (TPSA) is 68.5 Å². The number of rotatable bonds is 5. The molecule has 1 N–H and O–H groups in total. The van der Waals surface area contributed by atoms with Crippen molar-refractivity contribution in [1.82, 2.24) is 30.0 Å². The zero-order chi connectivity index (χ0) is 12.1. The smallest absolute Gasteiger partial charge is 0.173 e. The highest BCUT2D eigenvalue weighted by Crippen LogP contribution is 2.01. The monoisotopic (exact) mass is 232 g/mol. The molecule has 0 aliphatic heterocycles. The van der Waals surface area contributed by atoms with Crippen molar-refractivity contribution in [3.63, 3.8) is 0 Å². The Kier molecular flexibility index (Phi) is 3.77. The Balaban J connectivity index is 2.02. The molecule has 0 saturated carbocycles. The number of hydrogen-bond acceptors (Lipinski definition) is 5. The Labute approximate surface area is 100 Å². The lowest BCUT2D eigenvalue weighted by atomic mass is 10.2. The lowest BCUT2D eigenvalue weighted by Crippen LogP contribution is -2.20. The summed E-state index contributed by atoms with van der Waals surface area (Å²) in [5.41, 5.74) is 0.902. The number of aromatic nitrogens is 5. The summed E-state index contributed by atoms with van der Waals surface area (Å²) in [4.78, 5) is 12.5. The van der Waals surface area contributed by atoms with E-state index >= 15 is 0 Å². The van der Waals surface area contributed by atoms with Crippen molar-refractivity contribution < 1.29 is 0 Å². The van der Waals surface area contributed by atoms with E-state index in [0.717, 1.165) is 12.2 Å². The molecule has 6 heteroatoms. The SMILES string of the molecule is CC(C)CNCc1cncc(-n2cncn2)n1. The largest absolute Gasteiger partial charge is 0.311 e. The van der Waals surface area contributed by atoms with Gasteiger partial charge in [0.2, 0.25) is 0 Å². The molecule has 0 aliphatic carbocycles. The quantitative estimate of drug-likeness (QED) is 0.826. The third-order valence-electron chi connectivity index (χ3n) is 2.18. The van der Waals surface area contributed by atoms with Crippen LogP contribution in [0.2, 0.25) is 0 Å². The zero-order valence-corrected chi connectivity index (χ0v) is 10.0. The molecular weight excluding hydrogens is 216 g/mol. The van der Waals surface area contributed by atoms with E-state index in [4.69, 9.17) is 0 Å². The summed E-state index contributed by atoms with van der Waals surface area (Å²) in [5.74, 6) is 1.31. The highest BCUT2D eigenvalue weighted by Gasteiger charge is 2.02. The van der Waals surface area contributed by atoms with Crippen molar-refractivity contribution in [2.45, 2.75) is 20.4 Å². The molecule has 90 valence electrons. The highest BCUT2D eigenvalue weighted by atomic mass is 15.3. The van der Waals surface area contributed by atoms with E-state index < -0.39 is 0 Å². The summed E-state index contributed by atoms with van der Waals surface area (Å²) in [5, 5.41) is 7.34. The van der Waals surface area contributed by atoms with Gasteiger partial charge >= 0.3 is 0 Å². The van der Waals surface area contributed by atoms with Crippen LogP contribution < -0.4 is 5.32 Å². The van der Waals surface area contributed by atoms with Crippen LogP contribution in [0.3, 0.4) is 0 Å². The molecule has 2 aromatic rings. The Morgan fingerprint density at radius 1 is 1.29 bits per heavy atom. The molecule has 2 aromatic heterocycles. The van der Waals surface area contributed by atoms with Gasteiger partial charge in [-0.05, 0) is 12.5 Å². The van der Waals surface area contributed by atoms with Crippen molar-refractivity contribution in [2.24, 2.45) is 5.92 Å². The molecule has 2 heterocycles. The summed E-state index contributed by atoms with van der Waals surface area (Å²) in [7, 11) is 0. The van der Waals surface area contributed by atoms with Crippen molar-refractivity contribution in [1.29, 1.82) is 0 Å². The Morgan fingerprint density at radius 3 is 2.88 bits per heavy atom. The summed E-state index contributed by atoms with van der Waals surface area (Å²) >= 11 is 0. The molecule has 0 aliphatic rings. The van der Waals surface area contributed by atoms with Gasteiger partial charge in [-0.2, -0.15) is 5.10 Å². The Morgan fingerprint density at radius 2 is 2.18 bits per heavy atom. The van der Waals surface area contributed by atoms with Gasteiger partial charge in [0.15, 0.2) is 5.82 Å². The fraction of sp³-hybridized carbons (Fsp3) is 0.455. The predicted octanol–water partition coefficient (Wildman–Crippen LogP) is 0.803. The van der Waals surface area contributed by atoms with Crippen LogP contribution in [0.5, 0.6) is 0 Å². The van der Waals surface area contributed by atoms with E-state index in [2.05, 4.69) is 39.2 Å². The van der Waals surface area contributed by atoms with Crippen molar-refractivity contribution >= 4 is 0 Å². The maximum absolute atomic E-state index is 4.45. The van der Waals surface area contributed by atoms with Gasteiger partial charge < -0.3 is 5.32 Å². The van der Waals surface area contributed by atoms with E-state index in [0.29, 0.717) is 18.3 Å². The lowest BCUT2D eigenvalue weighted by Gasteiger charge is -2.07. The minimum absolute atomic E-state index is 0.626. The normalized spacial score (nSPS) is 11.0. The first kappa shape index (κ1) is 11.7. The first-order chi connectivity index (χ1) is 8.25. The molecule has 6 nitrogen and oxygen atoms in total. The van der Waals surface area contributed by atoms with Gasteiger partial charge in [0.1, 0.15) is 12.7 Å². The second-order valence-corrected chi connectivity index (χ2v) is 4.23. The van der Waals surface area contributed by atoms with Gasteiger partial charge in [-0.1, -0.05) is 13.8 Å². The molecule has 0 saturated heterocycles. The van der Waals surface area contributed by atoms with Gasteiger partial charge in [-0.25, -0.2) is 14.6 Å². The van der Waals surface area contributed by atoms with E-state index in [1.54, 1.807) is 23.4 Å². The molecule has 0 fully saturated rings. The van der Waals surface area contributed by atoms with E-state index in [1.165, 1.54) is 6.33 Å². The number of nitrogens with zero attached hydrogens (tertiary/aromatic N) is 5. The third-order valence-corrected chi connectivity index (χ3v) is 2.18. The molecular formula is C11H16N6. The van der Waals surface area contributed by atoms with Crippen molar-refractivity contribution in [2.75, 3.05) is 6.54 Å². The first-order valence-corrected chi connectivity index (χ1v) is 5.62. The van der Waals surface area contributed by atoms with Crippen LogP contribution >= 0.6 is 0 Å². The molecule has 0 radical (unpaired) electrons. The van der Waals surface area contributed by atoms with E-state index in [-0.39, 0.29) is 0 Å². The molecule has 2 rings (SSSR count). The summed E-state index contributed by atoms with van der Waals surface area (Å²) in [6, 6.07) is 0. The Bertz CT molecular complexity index is 451. The van der Waals surface area contributed by atoms with Gasteiger partial charge in [0.25, 0.3) is 0 Å². The zero-order valence-electron chi connectivity index (χ0n) is 10.0. The fourth-order valence-electron chi connectivity index (χ4n) is 1.41. The van der Waals surface area contributed by atoms with Gasteiger partial charge in [0, 0.05) is 12.7 Å². The van der Waals surface area contributed by atoms with E-state index in [9.17, 15) is 0 Å². The number of hydrogen-bond donors (Lipinski definition) is 1. The summed E-state index contributed by atoms with van der Waals surface area (Å²) in [6.07, 6.45) is 6.51. The third kappa shape index (κ3) is 3.32. The van der Waals surface area contributed by atoms with Crippen LogP contribution in [0, 0.1) is 5.92 Å². The van der Waals surface area contributed by atoms with Crippen molar-refractivity contribution in [3.8, 4) is 5.82 Å². The van der Waals surface area contributed by atoms with E-state index in [1.807, 2.05) is 0 Å². The van der Waals surface area contributed by atoms with Crippen LogP contribution in [-0.2, 0) is 6.54 Å². The van der Waals surface area contributed by atoms with Gasteiger partial charge in [0.05, 0.1) is 11.9 Å². The van der Waals surface area contributed by atoms with Crippen LogP contribution in [0.4, 0.5) is 0 Å². The molecule has 0 unspecified atom stereocenters. The average molecular weight is 232 g/mol. The summed E-state index contributed by atoms with van der Waals surface area (Å²) in [6.45, 7) is 6.03. The van der Waals surface area contributed by atoms with Crippen LogP contribution in [-0.4, -0.2) is 31.3 Å². The van der Waals surface area contributed by atoms with Crippen LogP contribution in [0.25, 0.3) is 5.82 Å². The van der Waals surface area contributed by atoms with Crippen LogP contribution in [0.15, 0.2) is 25.0 Å². The number of nitrogens with one attached hydrogen (secondary N) is 1. The minimum Gasteiger partial charge on any atom is -0.311 e. The Hall–Kier alpha value is -1.82. The average Bonchev–Trinajstić information content (AvgIpc) is 2.82.